The Balaban J connectivity index is 2.55. The van der Waals surface area contributed by atoms with Crippen LogP contribution < -0.4 is 5.32 Å². The third-order valence-corrected chi connectivity index (χ3v) is 3.81. The van der Waals surface area contributed by atoms with Gasteiger partial charge < -0.3 is 15.3 Å². The van der Waals surface area contributed by atoms with E-state index in [1.54, 1.807) is 6.07 Å². The maximum Gasteiger partial charge on any atom is 0.337 e. The lowest BCUT2D eigenvalue weighted by Crippen LogP contribution is -2.26. The summed E-state index contributed by atoms with van der Waals surface area (Å²) < 4.78 is 0. The van der Waals surface area contributed by atoms with Crippen molar-refractivity contribution in [2.75, 3.05) is 25.0 Å². The van der Waals surface area contributed by atoms with Gasteiger partial charge in [-0.05, 0) is 58.5 Å². The van der Waals surface area contributed by atoms with Crippen molar-refractivity contribution < 1.29 is 9.90 Å². The zero-order valence-electron chi connectivity index (χ0n) is 13.6. The number of nitrogens with one attached hydrogen (secondary N) is 1. The fraction of sp³-hybridized carbons (Fsp3) is 0.588. The molecule has 0 aliphatic heterocycles. The van der Waals surface area contributed by atoms with Crippen LogP contribution in [0.5, 0.6) is 0 Å². The molecule has 0 heterocycles. The summed E-state index contributed by atoms with van der Waals surface area (Å²) >= 11 is 0. The van der Waals surface area contributed by atoms with Crippen molar-refractivity contribution in [1.29, 1.82) is 0 Å². The Morgan fingerprint density at radius 2 is 2.00 bits per heavy atom. The fourth-order valence-electron chi connectivity index (χ4n) is 2.46. The number of rotatable bonds is 9. The minimum atomic E-state index is -0.878. The van der Waals surface area contributed by atoms with Crippen molar-refractivity contribution in [3.05, 3.63) is 29.3 Å². The molecular weight excluding hydrogens is 264 g/mol. The van der Waals surface area contributed by atoms with Crippen LogP contribution in [0.1, 0.15) is 49.5 Å². The predicted octanol–water partition coefficient (Wildman–Crippen LogP) is 3.62. The van der Waals surface area contributed by atoms with Crippen LogP contribution in [0.25, 0.3) is 0 Å². The molecule has 0 saturated carbocycles. The predicted molar refractivity (Wildman–Crippen MR) is 88.2 cm³/mol. The van der Waals surface area contributed by atoms with Gasteiger partial charge in [-0.3, -0.25) is 0 Å². The first-order chi connectivity index (χ1) is 9.97. The summed E-state index contributed by atoms with van der Waals surface area (Å²) in [5, 5.41) is 12.6. The molecule has 0 spiro atoms. The highest BCUT2D eigenvalue weighted by Gasteiger charge is 2.12. The van der Waals surface area contributed by atoms with Crippen molar-refractivity contribution in [1.82, 2.24) is 4.90 Å². The molecule has 1 unspecified atom stereocenters. The first kappa shape index (κ1) is 17.5. The molecule has 4 heteroatoms. The van der Waals surface area contributed by atoms with Gasteiger partial charge in [0.15, 0.2) is 0 Å². The van der Waals surface area contributed by atoms with Crippen molar-refractivity contribution in [2.45, 2.75) is 46.6 Å². The van der Waals surface area contributed by atoms with E-state index in [4.69, 9.17) is 0 Å². The van der Waals surface area contributed by atoms with Gasteiger partial charge in [-0.15, -0.1) is 0 Å². The van der Waals surface area contributed by atoms with Gasteiger partial charge in [-0.25, -0.2) is 4.79 Å². The molecule has 0 radical (unpaired) electrons. The van der Waals surface area contributed by atoms with E-state index in [1.807, 2.05) is 19.1 Å². The topological polar surface area (TPSA) is 52.6 Å². The van der Waals surface area contributed by atoms with Gasteiger partial charge in [0, 0.05) is 11.7 Å². The number of hydrogen-bond donors (Lipinski definition) is 2. The Morgan fingerprint density at radius 3 is 2.57 bits per heavy atom. The zero-order chi connectivity index (χ0) is 15.8. The van der Waals surface area contributed by atoms with Crippen molar-refractivity contribution >= 4 is 11.7 Å². The summed E-state index contributed by atoms with van der Waals surface area (Å²) in [6.07, 6.45) is 2.15. The van der Waals surface area contributed by atoms with Gasteiger partial charge in [0.1, 0.15) is 0 Å². The standard InChI is InChI=1S/C17H28N2O2/c1-5-19(6-2)11-7-8-14(4)18-16-10-9-13(3)12-15(16)17(20)21/h9-10,12,14,18H,5-8,11H2,1-4H3,(H,20,21). The van der Waals surface area contributed by atoms with Gasteiger partial charge in [-0.2, -0.15) is 0 Å². The minimum Gasteiger partial charge on any atom is -0.478 e. The van der Waals surface area contributed by atoms with Gasteiger partial charge in [-0.1, -0.05) is 25.5 Å². The van der Waals surface area contributed by atoms with Crippen LogP contribution in [0, 0.1) is 6.92 Å². The van der Waals surface area contributed by atoms with Gasteiger partial charge in [0.25, 0.3) is 0 Å². The smallest absolute Gasteiger partial charge is 0.337 e. The average molecular weight is 292 g/mol. The molecule has 0 saturated heterocycles. The van der Waals surface area contributed by atoms with E-state index in [1.165, 1.54) is 0 Å². The first-order valence-electron chi connectivity index (χ1n) is 7.80. The zero-order valence-corrected chi connectivity index (χ0v) is 13.6. The van der Waals surface area contributed by atoms with Gasteiger partial charge in [0.05, 0.1) is 5.56 Å². The lowest BCUT2D eigenvalue weighted by Gasteiger charge is -2.21. The number of hydrogen-bond acceptors (Lipinski definition) is 3. The molecule has 4 nitrogen and oxygen atoms in total. The Kier molecular flexibility index (Phi) is 7.23. The summed E-state index contributed by atoms with van der Waals surface area (Å²) in [4.78, 5) is 13.7. The molecule has 1 aromatic rings. The number of carboxylic acids is 1. The Morgan fingerprint density at radius 1 is 1.33 bits per heavy atom. The van der Waals surface area contributed by atoms with Crippen molar-refractivity contribution in [3.8, 4) is 0 Å². The molecule has 1 rings (SSSR count). The van der Waals surface area contributed by atoms with E-state index in [0.717, 1.165) is 38.0 Å². The largest absolute Gasteiger partial charge is 0.478 e. The SMILES string of the molecule is CCN(CC)CCCC(C)Nc1ccc(C)cc1C(=O)O. The molecule has 0 aromatic heterocycles. The number of anilines is 1. The third kappa shape index (κ3) is 5.76. The second kappa shape index (κ2) is 8.67. The molecule has 21 heavy (non-hydrogen) atoms. The summed E-state index contributed by atoms with van der Waals surface area (Å²) in [6.45, 7) is 11.6. The Hall–Kier alpha value is -1.55. The quantitative estimate of drug-likeness (QED) is 0.730. The molecule has 1 atom stereocenters. The average Bonchev–Trinajstić information content (AvgIpc) is 2.45. The Labute approximate surface area is 128 Å². The lowest BCUT2D eigenvalue weighted by atomic mass is 10.1. The van der Waals surface area contributed by atoms with Crippen LogP contribution >= 0.6 is 0 Å². The highest BCUT2D eigenvalue weighted by atomic mass is 16.4. The van der Waals surface area contributed by atoms with Crippen LogP contribution in [0.4, 0.5) is 5.69 Å². The second-order valence-electron chi connectivity index (χ2n) is 5.57. The fourth-order valence-corrected chi connectivity index (χ4v) is 2.46. The number of benzene rings is 1. The molecule has 0 bridgehead atoms. The normalized spacial score (nSPS) is 12.4. The first-order valence-corrected chi connectivity index (χ1v) is 7.80. The molecule has 0 amide bonds. The van der Waals surface area contributed by atoms with E-state index >= 15 is 0 Å². The van der Waals surface area contributed by atoms with Gasteiger partial charge >= 0.3 is 5.97 Å². The maximum atomic E-state index is 11.3. The molecule has 1 aromatic carbocycles. The van der Waals surface area contributed by atoms with Crippen molar-refractivity contribution in [2.24, 2.45) is 0 Å². The minimum absolute atomic E-state index is 0.265. The molecule has 0 fully saturated rings. The summed E-state index contributed by atoms with van der Waals surface area (Å²) in [7, 11) is 0. The molecule has 0 aliphatic carbocycles. The molecule has 0 aliphatic rings. The van der Waals surface area contributed by atoms with E-state index in [2.05, 4.69) is 31.0 Å². The van der Waals surface area contributed by atoms with E-state index in [0.29, 0.717) is 11.3 Å². The number of aryl methyl sites for hydroxylation is 1. The molecular formula is C17H28N2O2. The number of carbonyl (C=O) groups is 1. The Bertz CT molecular complexity index is 456. The highest BCUT2D eigenvalue weighted by Crippen LogP contribution is 2.19. The van der Waals surface area contributed by atoms with Gasteiger partial charge in [0.2, 0.25) is 0 Å². The van der Waals surface area contributed by atoms with Crippen LogP contribution in [0.15, 0.2) is 18.2 Å². The maximum absolute atomic E-state index is 11.3. The van der Waals surface area contributed by atoms with E-state index < -0.39 is 5.97 Å². The van der Waals surface area contributed by atoms with Crippen LogP contribution in [0.3, 0.4) is 0 Å². The van der Waals surface area contributed by atoms with Crippen molar-refractivity contribution in [3.63, 3.8) is 0 Å². The summed E-state index contributed by atoms with van der Waals surface area (Å²) in [5.74, 6) is -0.878. The van der Waals surface area contributed by atoms with Crippen LogP contribution in [0.2, 0.25) is 0 Å². The monoisotopic (exact) mass is 292 g/mol. The second-order valence-corrected chi connectivity index (χ2v) is 5.57. The number of carboxylic acid groups (broad SMARTS) is 1. The van der Waals surface area contributed by atoms with Crippen LogP contribution in [-0.4, -0.2) is 41.7 Å². The highest BCUT2D eigenvalue weighted by molar-refractivity contribution is 5.94. The summed E-state index contributed by atoms with van der Waals surface area (Å²) in [6, 6.07) is 5.78. The third-order valence-electron chi connectivity index (χ3n) is 3.81. The molecule has 2 N–H and O–H groups in total. The number of aromatic carboxylic acids is 1. The molecule has 118 valence electrons. The summed E-state index contributed by atoms with van der Waals surface area (Å²) in [5.41, 5.74) is 2.03. The lowest BCUT2D eigenvalue weighted by molar-refractivity contribution is 0.0698. The van der Waals surface area contributed by atoms with E-state index in [-0.39, 0.29) is 6.04 Å². The van der Waals surface area contributed by atoms with E-state index in [9.17, 15) is 9.90 Å². The number of nitrogens with zero attached hydrogens (tertiary/aromatic N) is 1. The van der Waals surface area contributed by atoms with Crippen LogP contribution in [-0.2, 0) is 0 Å².